The normalized spacial score (nSPS) is 10.2. The number of anilines is 2. The maximum atomic E-state index is 12.2. The van der Waals surface area contributed by atoms with E-state index in [0.717, 1.165) is 16.2 Å². The standard InChI is InChI=1S/C13H11BrN4O3/c1-7-4-8(14)2-3-10(7)17-13(19)9-5-12(15)16-6-11(9)18(20)21/h2-6H,1H3,(H2,15,16)(H,17,19). The summed E-state index contributed by atoms with van der Waals surface area (Å²) < 4.78 is 0.872. The first-order valence-electron chi connectivity index (χ1n) is 5.86. The van der Waals surface area contributed by atoms with Gasteiger partial charge in [0.15, 0.2) is 0 Å². The van der Waals surface area contributed by atoms with E-state index in [2.05, 4.69) is 26.2 Å². The number of nitrogen functional groups attached to an aromatic ring is 1. The fourth-order valence-corrected chi connectivity index (χ4v) is 2.22. The highest BCUT2D eigenvalue weighted by atomic mass is 79.9. The highest BCUT2D eigenvalue weighted by molar-refractivity contribution is 9.10. The van der Waals surface area contributed by atoms with Gasteiger partial charge < -0.3 is 11.1 Å². The van der Waals surface area contributed by atoms with Gasteiger partial charge in [0.05, 0.1) is 4.92 Å². The first kappa shape index (κ1) is 14.9. The molecule has 108 valence electrons. The Hall–Kier alpha value is -2.48. The lowest BCUT2D eigenvalue weighted by Crippen LogP contribution is -2.15. The van der Waals surface area contributed by atoms with E-state index in [9.17, 15) is 14.9 Å². The number of hydrogen-bond donors (Lipinski definition) is 2. The molecular weight excluding hydrogens is 340 g/mol. The third kappa shape index (κ3) is 3.34. The number of hydrogen-bond acceptors (Lipinski definition) is 5. The molecule has 0 saturated heterocycles. The molecule has 0 bridgehead atoms. The van der Waals surface area contributed by atoms with Crippen molar-refractivity contribution in [2.45, 2.75) is 6.92 Å². The fraction of sp³-hybridized carbons (Fsp3) is 0.0769. The van der Waals surface area contributed by atoms with Crippen LogP contribution in [0.25, 0.3) is 0 Å². The van der Waals surface area contributed by atoms with Gasteiger partial charge in [0, 0.05) is 10.2 Å². The number of nitrogens with zero attached hydrogens (tertiary/aromatic N) is 2. The number of benzene rings is 1. The molecule has 8 heteroatoms. The van der Waals surface area contributed by atoms with Crippen LogP contribution < -0.4 is 11.1 Å². The van der Waals surface area contributed by atoms with Crippen molar-refractivity contribution in [3.8, 4) is 0 Å². The van der Waals surface area contributed by atoms with Gasteiger partial charge >= 0.3 is 0 Å². The van der Waals surface area contributed by atoms with E-state index >= 15 is 0 Å². The summed E-state index contributed by atoms with van der Waals surface area (Å²) in [5, 5.41) is 13.6. The molecule has 2 rings (SSSR count). The third-order valence-corrected chi connectivity index (χ3v) is 3.28. The summed E-state index contributed by atoms with van der Waals surface area (Å²) in [5.41, 5.74) is 6.35. The molecule has 0 aliphatic heterocycles. The molecule has 0 radical (unpaired) electrons. The Morgan fingerprint density at radius 3 is 2.76 bits per heavy atom. The van der Waals surface area contributed by atoms with Crippen LogP contribution in [-0.4, -0.2) is 15.8 Å². The number of amides is 1. The average Bonchev–Trinajstić information content (AvgIpc) is 2.41. The summed E-state index contributed by atoms with van der Waals surface area (Å²) >= 11 is 3.32. The van der Waals surface area contributed by atoms with Gasteiger partial charge in [-0.3, -0.25) is 14.9 Å². The molecule has 7 nitrogen and oxygen atoms in total. The van der Waals surface area contributed by atoms with Crippen LogP contribution in [0, 0.1) is 17.0 Å². The number of rotatable bonds is 3. The zero-order valence-electron chi connectivity index (χ0n) is 11.0. The molecule has 0 aliphatic carbocycles. The lowest BCUT2D eigenvalue weighted by molar-refractivity contribution is -0.385. The van der Waals surface area contributed by atoms with Gasteiger partial charge in [0.2, 0.25) is 0 Å². The van der Waals surface area contributed by atoms with E-state index in [1.807, 2.05) is 13.0 Å². The Kier molecular flexibility index (Phi) is 4.18. The van der Waals surface area contributed by atoms with E-state index < -0.39 is 16.5 Å². The zero-order valence-corrected chi connectivity index (χ0v) is 12.5. The third-order valence-electron chi connectivity index (χ3n) is 2.78. The number of pyridine rings is 1. The molecule has 3 N–H and O–H groups in total. The SMILES string of the molecule is Cc1cc(Br)ccc1NC(=O)c1cc(N)ncc1[N+](=O)[O-]. The highest BCUT2D eigenvalue weighted by Gasteiger charge is 2.21. The quantitative estimate of drug-likeness (QED) is 0.652. The molecule has 1 heterocycles. The molecule has 21 heavy (non-hydrogen) atoms. The average molecular weight is 351 g/mol. The number of nitrogens with two attached hydrogens (primary N) is 1. The van der Waals surface area contributed by atoms with Gasteiger partial charge in [0.1, 0.15) is 17.6 Å². The highest BCUT2D eigenvalue weighted by Crippen LogP contribution is 2.23. The van der Waals surface area contributed by atoms with Crippen LogP contribution in [0.15, 0.2) is 34.9 Å². The van der Waals surface area contributed by atoms with E-state index in [0.29, 0.717) is 5.69 Å². The van der Waals surface area contributed by atoms with Crippen molar-refractivity contribution < 1.29 is 9.72 Å². The molecule has 0 aliphatic rings. The number of aromatic nitrogens is 1. The molecule has 1 aromatic heterocycles. The molecule has 0 unspecified atom stereocenters. The molecule has 2 aromatic rings. The second-order valence-corrected chi connectivity index (χ2v) is 5.21. The molecule has 0 atom stereocenters. The van der Waals surface area contributed by atoms with E-state index in [1.54, 1.807) is 12.1 Å². The van der Waals surface area contributed by atoms with Crippen LogP contribution in [-0.2, 0) is 0 Å². The molecule has 0 saturated carbocycles. The first-order chi connectivity index (χ1) is 9.88. The monoisotopic (exact) mass is 350 g/mol. The number of carbonyl (C=O) groups is 1. The number of halogens is 1. The van der Waals surface area contributed by atoms with Gasteiger partial charge in [-0.1, -0.05) is 15.9 Å². The molecular formula is C13H11BrN4O3. The topological polar surface area (TPSA) is 111 Å². The summed E-state index contributed by atoms with van der Waals surface area (Å²) in [4.78, 5) is 26.1. The first-order valence-corrected chi connectivity index (χ1v) is 6.65. The predicted octanol–water partition coefficient (Wildman–Crippen LogP) is 2.90. The smallest absolute Gasteiger partial charge is 0.300 e. The minimum absolute atomic E-state index is 0.0401. The van der Waals surface area contributed by atoms with Crippen LogP contribution in [0.1, 0.15) is 15.9 Å². The molecule has 0 fully saturated rings. The van der Waals surface area contributed by atoms with Crippen LogP contribution in [0.2, 0.25) is 0 Å². The van der Waals surface area contributed by atoms with Gasteiger partial charge in [-0.15, -0.1) is 0 Å². The second-order valence-electron chi connectivity index (χ2n) is 4.30. The summed E-state index contributed by atoms with van der Waals surface area (Å²) in [6, 6.07) is 6.47. The van der Waals surface area contributed by atoms with E-state index in [1.165, 1.54) is 6.07 Å². The van der Waals surface area contributed by atoms with Crippen molar-refractivity contribution >= 4 is 39.0 Å². The summed E-state index contributed by atoms with van der Waals surface area (Å²) in [7, 11) is 0. The van der Waals surface area contributed by atoms with Crippen molar-refractivity contribution in [1.29, 1.82) is 0 Å². The zero-order chi connectivity index (χ0) is 15.6. The summed E-state index contributed by atoms with van der Waals surface area (Å²) in [6.45, 7) is 1.82. The van der Waals surface area contributed by atoms with E-state index in [-0.39, 0.29) is 11.4 Å². The van der Waals surface area contributed by atoms with Crippen LogP contribution >= 0.6 is 15.9 Å². The number of nitro groups is 1. The molecule has 1 amide bonds. The Labute approximate surface area is 128 Å². The Bertz CT molecular complexity index is 733. The second kappa shape index (κ2) is 5.88. The van der Waals surface area contributed by atoms with Crippen molar-refractivity contribution in [3.63, 3.8) is 0 Å². The van der Waals surface area contributed by atoms with Crippen molar-refractivity contribution in [2.75, 3.05) is 11.1 Å². The maximum absolute atomic E-state index is 12.2. The lowest BCUT2D eigenvalue weighted by atomic mass is 10.1. The van der Waals surface area contributed by atoms with E-state index in [4.69, 9.17) is 5.73 Å². The molecule has 0 spiro atoms. The number of carbonyl (C=O) groups excluding carboxylic acids is 1. The van der Waals surface area contributed by atoms with Crippen LogP contribution in [0.3, 0.4) is 0 Å². The number of aryl methyl sites for hydroxylation is 1. The largest absolute Gasteiger partial charge is 0.384 e. The summed E-state index contributed by atoms with van der Waals surface area (Å²) in [5.74, 6) is -0.570. The molecule has 1 aromatic carbocycles. The van der Waals surface area contributed by atoms with Gasteiger partial charge in [0.25, 0.3) is 11.6 Å². The van der Waals surface area contributed by atoms with Gasteiger partial charge in [-0.25, -0.2) is 4.98 Å². The lowest BCUT2D eigenvalue weighted by Gasteiger charge is -2.09. The van der Waals surface area contributed by atoms with Gasteiger partial charge in [-0.2, -0.15) is 0 Å². The fourth-order valence-electron chi connectivity index (χ4n) is 1.75. The van der Waals surface area contributed by atoms with Crippen molar-refractivity contribution in [3.05, 3.63) is 56.2 Å². The predicted molar refractivity (Wildman–Crippen MR) is 82.1 cm³/mol. The van der Waals surface area contributed by atoms with Crippen molar-refractivity contribution in [2.24, 2.45) is 0 Å². The van der Waals surface area contributed by atoms with Crippen molar-refractivity contribution in [1.82, 2.24) is 4.98 Å². The Balaban J connectivity index is 2.36. The summed E-state index contributed by atoms with van der Waals surface area (Å²) in [6.07, 6.45) is 0.971. The Morgan fingerprint density at radius 2 is 2.14 bits per heavy atom. The number of nitrogens with one attached hydrogen (secondary N) is 1. The Morgan fingerprint density at radius 1 is 1.43 bits per heavy atom. The minimum Gasteiger partial charge on any atom is -0.384 e. The van der Waals surface area contributed by atoms with Gasteiger partial charge in [-0.05, 0) is 36.8 Å². The minimum atomic E-state index is -0.671. The maximum Gasteiger partial charge on any atom is 0.300 e. The van der Waals surface area contributed by atoms with Crippen LogP contribution in [0.5, 0.6) is 0 Å². The van der Waals surface area contributed by atoms with Crippen LogP contribution in [0.4, 0.5) is 17.2 Å².